The van der Waals surface area contributed by atoms with E-state index >= 15 is 0 Å². The fourth-order valence-corrected chi connectivity index (χ4v) is 1.35. The molecule has 0 spiro atoms. The third-order valence-corrected chi connectivity index (χ3v) is 2.07. The predicted octanol–water partition coefficient (Wildman–Crippen LogP) is -0.207. The summed E-state index contributed by atoms with van der Waals surface area (Å²) in [5.41, 5.74) is 0. The molecule has 4 nitrogen and oxygen atoms in total. The number of pyridine rings is 1. The summed E-state index contributed by atoms with van der Waals surface area (Å²) in [4.78, 5) is 3.88. The topological polar surface area (TPSA) is 54.4 Å². The minimum Gasteiger partial charge on any atom is -0.486 e. The normalized spacial score (nSPS) is 27.5. The highest BCUT2D eigenvalue weighted by Crippen LogP contribution is 2.13. The molecule has 0 amide bonds. The zero-order valence-corrected chi connectivity index (χ0v) is 7.18. The molecule has 2 atom stereocenters. The van der Waals surface area contributed by atoms with Crippen LogP contribution < -0.4 is 10.1 Å². The summed E-state index contributed by atoms with van der Waals surface area (Å²) in [6.45, 7) is 1.30. The van der Waals surface area contributed by atoms with Crippen molar-refractivity contribution >= 4 is 0 Å². The van der Waals surface area contributed by atoms with Crippen LogP contribution in [0.4, 0.5) is 0 Å². The third-order valence-electron chi connectivity index (χ3n) is 2.07. The van der Waals surface area contributed by atoms with Crippen LogP contribution in [0.25, 0.3) is 0 Å². The summed E-state index contributed by atoms with van der Waals surface area (Å²) in [5.74, 6) is 0.753. The molecule has 1 aromatic rings. The summed E-state index contributed by atoms with van der Waals surface area (Å²) < 4.78 is 5.54. The lowest BCUT2D eigenvalue weighted by molar-refractivity contribution is 0.0737. The number of aliphatic hydroxyl groups is 1. The van der Waals surface area contributed by atoms with Gasteiger partial charge in [-0.25, -0.2) is 0 Å². The summed E-state index contributed by atoms with van der Waals surface area (Å²) >= 11 is 0. The van der Waals surface area contributed by atoms with Gasteiger partial charge in [-0.3, -0.25) is 4.98 Å². The number of rotatable bonds is 2. The van der Waals surface area contributed by atoms with Crippen LogP contribution in [0.3, 0.4) is 0 Å². The van der Waals surface area contributed by atoms with Crippen molar-refractivity contribution in [3.8, 4) is 5.75 Å². The first-order chi connectivity index (χ1) is 6.36. The van der Waals surface area contributed by atoms with Gasteiger partial charge in [-0.05, 0) is 12.1 Å². The van der Waals surface area contributed by atoms with Crippen LogP contribution in [-0.2, 0) is 0 Å². The third kappa shape index (κ3) is 1.96. The number of hydrogen-bond donors (Lipinski definition) is 2. The second-order valence-corrected chi connectivity index (χ2v) is 3.06. The molecular weight excluding hydrogens is 168 g/mol. The molecule has 0 bridgehead atoms. The first-order valence-corrected chi connectivity index (χ1v) is 4.32. The number of nitrogens with one attached hydrogen (secondary N) is 1. The van der Waals surface area contributed by atoms with E-state index in [4.69, 9.17) is 4.74 Å². The Bertz CT molecular complexity index is 266. The fraction of sp³-hybridized carbons (Fsp3) is 0.444. The van der Waals surface area contributed by atoms with E-state index in [-0.39, 0.29) is 6.10 Å². The number of aromatic nitrogens is 1. The molecule has 1 saturated heterocycles. The van der Waals surface area contributed by atoms with Gasteiger partial charge in [0.15, 0.2) is 0 Å². The van der Waals surface area contributed by atoms with Crippen molar-refractivity contribution in [2.24, 2.45) is 0 Å². The molecule has 2 heterocycles. The van der Waals surface area contributed by atoms with Crippen LogP contribution in [0.15, 0.2) is 24.5 Å². The average Bonchev–Trinajstić information content (AvgIpc) is 2.54. The quantitative estimate of drug-likeness (QED) is 0.661. The molecular formula is C9H12N2O2. The molecule has 0 unspecified atom stereocenters. The van der Waals surface area contributed by atoms with Gasteiger partial charge in [-0.2, -0.15) is 0 Å². The smallest absolute Gasteiger partial charge is 0.138 e. The SMILES string of the molecule is O[C@@H]1CNC[C@H]1Oc1ccncc1. The molecule has 0 saturated carbocycles. The van der Waals surface area contributed by atoms with Gasteiger partial charge in [0.05, 0.1) is 0 Å². The highest BCUT2D eigenvalue weighted by atomic mass is 16.5. The lowest BCUT2D eigenvalue weighted by Crippen LogP contribution is -2.29. The van der Waals surface area contributed by atoms with Crippen LogP contribution in [0.2, 0.25) is 0 Å². The zero-order valence-electron chi connectivity index (χ0n) is 7.18. The Morgan fingerprint density at radius 2 is 2.15 bits per heavy atom. The fourth-order valence-electron chi connectivity index (χ4n) is 1.35. The largest absolute Gasteiger partial charge is 0.486 e. The zero-order chi connectivity index (χ0) is 9.10. The number of ether oxygens (including phenoxy) is 1. The average molecular weight is 180 g/mol. The molecule has 2 rings (SSSR count). The summed E-state index contributed by atoms with van der Waals surface area (Å²) in [5, 5.41) is 12.5. The molecule has 2 N–H and O–H groups in total. The van der Waals surface area contributed by atoms with Crippen molar-refractivity contribution in [3.05, 3.63) is 24.5 Å². The molecule has 1 fully saturated rings. The van der Waals surface area contributed by atoms with Gasteiger partial charge < -0.3 is 15.2 Å². The molecule has 13 heavy (non-hydrogen) atoms. The summed E-state index contributed by atoms with van der Waals surface area (Å²) in [6.07, 6.45) is 2.80. The Morgan fingerprint density at radius 3 is 2.77 bits per heavy atom. The maximum Gasteiger partial charge on any atom is 0.138 e. The van der Waals surface area contributed by atoms with Crippen LogP contribution in [-0.4, -0.2) is 35.4 Å². The van der Waals surface area contributed by atoms with Gasteiger partial charge in [0.25, 0.3) is 0 Å². The van der Waals surface area contributed by atoms with Crippen molar-refractivity contribution < 1.29 is 9.84 Å². The first kappa shape index (κ1) is 8.47. The molecule has 0 aliphatic carbocycles. The Balaban J connectivity index is 1.98. The Morgan fingerprint density at radius 1 is 1.38 bits per heavy atom. The monoisotopic (exact) mass is 180 g/mol. The van der Waals surface area contributed by atoms with Gasteiger partial charge in [-0.15, -0.1) is 0 Å². The number of aliphatic hydroxyl groups excluding tert-OH is 1. The summed E-state index contributed by atoms with van der Waals surface area (Å²) in [6, 6.07) is 3.57. The Kier molecular flexibility index (Phi) is 2.42. The van der Waals surface area contributed by atoms with Gasteiger partial charge >= 0.3 is 0 Å². The molecule has 0 radical (unpaired) electrons. The highest BCUT2D eigenvalue weighted by Gasteiger charge is 2.26. The highest BCUT2D eigenvalue weighted by molar-refractivity contribution is 5.17. The van der Waals surface area contributed by atoms with E-state index in [2.05, 4.69) is 10.3 Å². The first-order valence-electron chi connectivity index (χ1n) is 4.32. The lowest BCUT2D eigenvalue weighted by Gasteiger charge is -2.15. The maximum atomic E-state index is 9.45. The van der Waals surface area contributed by atoms with Crippen molar-refractivity contribution in [1.29, 1.82) is 0 Å². The van der Waals surface area contributed by atoms with E-state index in [1.165, 1.54) is 0 Å². The van der Waals surface area contributed by atoms with E-state index in [0.717, 1.165) is 5.75 Å². The molecule has 1 aromatic heterocycles. The van der Waals surface area contributed by atoms with Crippen LogP contribution in [0.5, 0.6) is 5.75 Å². The van der Waals surface area contributed by atoms with Crippen LogP contribution >= 0.6 is 0 Å². The van der Waals surface area contributed by atoms with Crippen LogP contribution in [0, 0.1) is 0 Å². The van der Waals surface area contributed by atoms with E-state index in [1.54, 1.807) is 24.5 Å². The van der Waals surface area contributed by atoms with E-state index < -0.39 is 6.10 Å². The lowest BCUT2D eigenvalue weighted by atomic mass is 10.2. The number of hydrogen-bond acceptors (Lipinski definition) is 4. The molecule has 4 heteroatoms. The van der Waals surface area contributed by atoms with E-state index in [1.807, 2.05) is 0 Å². The number of nitrogens with zero attached hydrogens (tertiary/aromatic N) is 1. The molecule has 1 aliphatic rings. The van der Waals surface area contributed by atoms with Gasteiger partial charge in [0, 0.05) is 25.5 Å². The molecule has 70 valence electrons. The minimum atomic E-state index is -0.409. The van der Waals surface area contributed by atoms with Crippen molar-refractivity contribution in [2.75, 3.05) is 13.1 Å². The minimum absolute atomic E-state index is 0.137. The molecule has 0 aromatic carbocycles. The van der Waals surface area contributed by atoms with Gasteiger partial charge in [0.2, 0.25) is 0 Å². The Hall–Kier alpha value is -1.13. The second-order valence-electron chi connectivity index (χ2n) is 3.06. The molecule has 1 aliphatic heterocycles. The van der Waals surface area contributed by atoms with Gasteiger partial charge in [0.1, 0.15) is 18.0 Å². The van der Waals surface area contributed by atoms with E-state index in [0.29, 0.717) is 13.1 Å². The van der Waals surface area contributed by atoms with Crippen molar-refractivity contribution in [2.45, 2.75) is 12.2 Å². The maximum absolute atomic E-state index is 9.45. The van der Waals surface area contributed by atoms with Crippen molar-refractivity contribution in [1.82, 2.24) is 10.3 Å². The van der Waals surface area contributed by atoms with Crippen molar-refractivity contribution in [3.63, 3.8) is 0 Å². The number of β-amino-alcohol motifs (C(OH)–C–C–N with tert-alkyl or cyclic N) is 1. The van der Waals surface area contributed by atoms with E-state index in [9.17, 15) is 5.11 Å². The predicted molar refractivity (Wildman–Crippen MR) is 47.5 cm³/mol. The van der Waals surface area contributed by atoms with Crippen LogP contribution in [0.1, 0.15) is 0 Å². The second kappa shape index (κ2) is 3.72. The van der Waals surface area contributed by atoms with Gasteiger partial charge in [-0.1, -0.05) is 0 Å². The summed E-state index contributed by atoms with van der Waals surface area (Å²) in [7, 11) is 0. The standard InChI is InChI=1S/C9H12N2O2/c12-8-5-11-6-9(8)13-7-1-3-10-4-2-7/h1-4,8-9,11-12H,5-6H2/t8-,9-/m1/s1. The Labute approximate surface area is 76.6 Å².